The number of carbonyl (C=O) groups excluding carboxylic acids is 1. The SMILES string of the molecule is Cc1cccc(CNC(=O)c2cnc(Nc3ccc(C(C)(C)C)cc3)nc2)c1. The van der Waals surface area contributed by atoms with Gasteiger partial charge in [0.15, 0.2) is 0 Å². The van der Waals surface area contributed by atoms with Gasteiger partial charge in [0.2, 0.25) is 5.95 Å². The lowest BCUT2D eigenvalue weighted by molar-refractivity contribution is 0.0950. The average molecular weight is 374 g/mol. The van der Waals surface area contributed by atoms with Gasteiger partial charge in [-0.1, -0.05) is 62.7 Å². The Morgan fingerprint density at radius 1 is 1.00 bits per heavy atom. The van der Waals surface area contributed by atoms with Crippen LogP contribution in [-0.2, 0) is 12.0 Å². The molecule has 0 bridgehead atoms. The number of hydrogen-bond acceptors (Lipinski definition) is 4. The molecular formula is C23H26N4O. The Labute approximate surface area is 166 Å². The second-order valence-electron chi connectivity index (χ2n) is 7.92. The lowest BCUT2D eigenvalue weighted by atomic mass is 9.87. The van der Waals surface area contributed by atoms with E-state index in [0.29, 0.717) is 18.1 Å². The summed E-state index contributed by atoms with van der Waals surface area (Å²) < 4.78 is 0. The number of hydrogen-bond donors (Lipinski definition) is 2. The molecule has 0 fully saturated rings. The molecule has 5 nitrogen and oxygen atoms in total. The fourth-order valence-corrected chi connectivity index (χ4v) is 2.80. The summed E-state index contributed by atoms with van der Waals surface area (Å²) in [4.78, 5) is 20.8. The van der Waals surface area contributed by atoms with Gasteiger partial charge in [-0.25, -0.2) is 9.97 Å². The van der Waals surface area contributed by atoms with Gasteiger partial charge in [0.25, 0.3) is 5.91 Å². The van der Waals surface area contributed by atoms with E-state index in [2.05, 4.69) is 59.6 Å². The van der Waals surface area contributed by atoms with Gasteiger partial charge in [0.1, 0.15) is 0 Å². The number of amides is 1. The van der Waals surface area contributed by atoms with E-state index in [4.69, 9.17) is 0 Å². The zero-order chi connectivity index (χ0) is 20.1. The van der Waals surface area contributed by atoms with Crippen LogP contribution in [0.3, 0.4) is 0 Å². The smallest absolute Gasteiger partial charge is 0.254 e. The summed E-state index contributed by atoms with van der Waals surface area (Å²) in [6.07, 6.45) is 3.06. The maximum Gasteiger partial charge on any atom is 0.254 e. The third-order valence-corrected chi connectivity index (χ3v) is 4.46. The van der Waals surface area contributed by atoms with Crippen LogP contribution < -0.4 is 10.6 Å². The van der Waals surface area contributed by atoms with Gasteiger partial charge in [0.05, 0.1) is 5.56 Å². The molecule has 1 amide bonds. The Morgan fingerprint density at radius 2 is 1.68 bits per heavy atom. The number of nitrogens with one attached hydrogen (secondary N) is 2. The molecule has 0 radical (unpaired) electrons. The standard InChI is InChI=1S/C23H26N4O/c1-16-6-5-7-17(12-16)13-24-21(28)18-14-25-22(26-15-18)27-20-10-8-19(9-11-20)23(2,3)4/h5-12,14-15H,13H2,1-4H3,(H,24,28)(H,25,26,27). The number of anilines is 2. The Hall–Kier alpha value is -3.21. The summed E-state index contributed by atoms with van der Waals surface area (Å²) in [6.45, 7) is 9.05. The van der Waals surface area contributed by atoms with Crippen molar-refractivity contribution < 1.29 is 4.79 Å². The fraction of sp³-hybridized carbons (Fsp3) is 0.261. The predicted molar refractivity (Wildman–Crippen MR) is 113 cm³/mol. The topological polar surface area (TPSA) is 66.9 Å². The molecule has 2 N–H and O–H groups in total. The van der Waals surface area contributed by atoms with Crippen molar-refractivity contribution in [1.82, 2.24) is 15.3 Å². The van der Waals surface area contributed by atoms with Crippen molar-refractivity contribution in [1.29, 1.82) is 0 Å². The minimum Gasteiger partial charge on any atom is -0.348 e. The van der Waals surface area contributed by atoms with Gasteiger partial charge >= 0.3 is 0 Å². The van der Waals surface area contributed by atoms with Gasteiger partial charge < -0.3 is 10.6 Å². The van der Waals surface area contributed by atoms with Crippen LogP contribution in [0.1, 0.15) is 47.8 Å². The average Bonchev–Trinajstić information content (AvgIpc) is 2.66. The fourth-order valence-electron chi connectivity index (χ4n) is 2.80. The zero-order valence-electron chi connectivity index (χ0n) is 16.8. The number of carbonyl (C=O) groups is 1. The van der Waals surface area contributed by atoms with E-state index in [1.54, 1.807) is 0 Å². The van der Waals surface area contributed by atoms with E-state index >= 15 is 0 Å². The highest BCUT2D eigenvalue weighted by molar-refractivity contribution is 5.93. The van der Waals surface area contributed by atoms with E-state index in [1.165, 1.54) is 23.5 Å². The van der Waals surface area contributed by atoms with E-state index < -0.39 is 0 Å². The van der Waals surface area contributed by atoms with Crippen LogP contribution in [0.4, 0.5) is 11.6 Å². The highest BCUT2D eigenvalue weighted by Gasteiger charge is 2.13. The molecule has 1 heterocycles. The molecule has 0 saturated heterocycles. The Balaban J connectivity index is 1.59. The lowest BCUT2D eigenvalue weighted by Crippen LogP contribution is -2.23. The first kappa shape index (κ1) is 19.5. The first-order valence-corrected chi connectivity index (χ1v) is 9.34. The molecule has 28 heavy (non-hydrogen) atoms. The first-order chi connectivity index (χ1) is 13.3. The van der Waals surface area contributed by atoms with E-state index in [9.17, 15) is 4.79 Å². The van der Waals surface area contributed by atoms with Crippen molar-refractivity contribution in [2.24, 2.45) is 0 Å². The molecule has 2 aromatic carbocycles. The molecule has 3 rings (SSSR count). The summed E-state index contributed by atoms with van der Waals surface area (Å²) in [7, 11) is 0. The molecule has 144 valence electrons. The predicted octanol–water partition coefficient (Wildman–Crippen LogP) is 4.76. The molecule has 3 aromatic rings. The molecule has 0 atom stereocenters. The highest BCUT2D eigenvalue weighted by atomic mass is 16.1. The Bertz CT molecular complexity index is 942. The molecular weight excluding hydrogens is 348 g/mol. The second-order valence-corrected chi connectivity index (χ2v) is 7.92. The Kier molecular flexibility index (Phi) is 5.73. The van der Waals surface area contributed by atoms with Gasteiger partial charge in [0, 0.05) is 24.6 Å². The largest absolute Gasteiger partial charge is 0.348 e. The zero-order valence-corrected chi connectivity index (χ0v) is 16.8. The van der Waals surface area contributed by atoms with E-state index in [0.717, 1.165) is 11.3 Å². The molecule has 1 aromatic heterocycles. The summed E-state index contributed by atoms with van der Waals surface area (Å²) in [5, 5.41) is 6.05. The molecule has 0 unspecified atom stereocenters. The number of aryl methyl sites for hydroxylation is 1. The summed E-state index contributed by atoms with van der Waals surface area (Å²) >= 11 is 0. The number of nitrogens with zero attached hydrogens (tertiary/aromatic N) is 2. The van der Waals surface area contributed by atoms with E-state index in [-0.39, 0.29) is 11.3 Å². The van der Waals surface area contributed by atoms with Gasteiger partial charge in [-0.2, -0.15) is 0 Å². The summed E-state index contributed by atoms with van der Waals surface area (Å²) in [5.41, 5.74) is 4.94. The van der Waals surface area contributed by atoms with Crippen molar-refractivity contribution in [2.45, 2.75) is 39.7 Å². The Morgan fingerprint density at radius 3 is 2.29 bits per heavy atom. The van der Waals surface area contributed by atoms with Crippen LogP contribution >= 0.6 is 0 Å². The van der Waals surface area contributed by atoms with Crippen LogP contribution in [0.15, 0.2) is 60.9 Å². The number of aromatic nitrogens is 2. The van der Waals surface area contributed by atoms with Gasteiger partial charge in [-0.15, -0.1) is 0 Å². The molecule has 0 saturated carbocycles. The second kappa shape index (κ2) is 8.21. The van der Waals surface area contributed by atoms with Crippen LogP contribution in [0.25, 0.3) is 0 Å². The lowest BCUT2D eigenvalue weighted by Gasteiger charge is -2.19. The normalized spacial score (nSPS) is 11.1. The maximum atomic E-state index is 12.3. The third-order valence-electron chi connectivity index (χ3n) is 4.46. The van der Waals surface area contributed by atoms with Gasteiger partial charge in [-0.3, -0.25) is 4.79 Å². The molecule has 0 aliphatic carbocycles. The van der Waals surface area contributed by atoms with Crippen LogP contribution in [-0.4, -0.2) is 15.9 Å². The minimum absolute atomic E-state index is 0.114. The van der Waals surface area contributed by atoms with E-state index in [1.807, 2.05) is 37.3 Å². The highest BCUT2D eigenvalue weighted by Crippen LogP contribution is 2.24. The molecule has 0 aliphatic rings. The molecule has 5 heteroatoms. The van der Waals surface area contributed by atoms with Crippen molar-refractivity contribution in [3.05, 3.63) is 83.2 Å². The quantitative estimate of drug-likeness (QED) is 0.676. The van der Waals surface area contributed by atoms with Crippen LogP contribution in [0, 0.1) is 6.92 Å². The maximum absolute atomic E-state index is 12.3. The number of rotatable bonds is 5. The van der Waals surface area contributed by atoms with Crippen molar-refractivity contribution in [3.63, 3.8) is 0 Å². The summed E-state index contributed by atoms with van der Waals surface area (Å²) in [5.74, 6) is 0.265. The van der Waals surface area contributed by atoms with Crippen molar-refractivity contribution in [3.8, 4) is 0 Å². The third kappa shape index (κ3) is 5.16. The van der Waals surface area contributed by atoms with Gasteiger partial charge in [-0.05, 0) is 35.6 Å². The van der Waals surface area contributed by atoms with Crippen LogP contribution in [0.5, 0.6) is 0 Å². The molecule has 0 aliphatic heterocycles. The molecule has 0 spiro atoms. The first-order valence-electron chi connectivity index (χ1n) is 9.34. The van der Waals surface area contributed by atoms with Crippen LogP contribution in [0.2, 0.25) is 0 Å². The van der Waals surface area contributed by atoms with Crippen molar-refractivity contribution >= 4 is 17.5 Å². The summed E-state index contributed by atoms with van der Waals surface area (Å²) in [6, 6.07) is 16.2. The van der Waals surface area contributed by atoms with Crippen molar-refractivity contribution in [2.75, 3.05) is 5.32 Å². The number of benzene rings is 2. The monoisotopic (exact) mass is 374 g/mol. The minimum atomic E-state index is -0.192.